The van der Waals surface area contributed by atoms with Crippen molar-refractivity contribution in [3.8, 4) is 5.75 Å². The first kappa shape index (κ1) is 16.6. The molecule has 7 nitrogen and oxygen atoms in total. The lowest BCUT2D eigenvalue weighted by Gasteiger charge is -2.14. The van der Waals surface area contributed by atoms with E-state index < -0.39 is 0 Å². The van der Waals surface area contributed by atoms with Crippen LogP contribution in [0.25, 0.3) is 0 Å². The summed E-state index contributed by atoms with van der Waals surface area (Å²) in [6, 6.07) is 11.6. The van der Waals surface area contributed by atoms with Gasteiger partial charge in [0, 0.05) is 23.5 Å². The zero-order valence-corrected chi connectivity index (χ0v) is 14.4. The van der Waals surface area contributed by atoms with Crippen LogP contribution in [0.15, 0.2) is 48.7 Å². The van der Waals surface area contributed by atoms with Crippen LogP contribution in [0.4, 0.5) is 28.6 Å². The molecule has 0 radical (unpaired) electrons. The lowest BCUT2D eigenvalue weighted by molar-refractivity contribution is 0.102. The molecule has 1 aliphatic rings. The van der Waals surface area contributed by atoms with Gasteiger partial charge in [0.25, 0.3) is 5.91 Å². The van der Waals surface area contributed by atoms with E-state index in [1.807, 2.05) is 6.92 Å². The van der Waals surface area contributed by atoms with Crippen LogP contribution in [0.3, 0.4) is 0 Å². The lowest BCUT2D eigenvalue weighted by atomic mass is 10.1. The number of nitrogens with one attached hydrogen (secondary N) is 3. The number of hydrogen-bond donors (Lipinski definition) is 4. The number of aryl methyl sites for hydroxylation is 1. The Morgan fingerprint density at radius 3 is 2.70 bits per heavy atom. The lowest BCUT2D eigenvalue weighted by Crippen LogP contribution is -2.14. The maximum atomic E-state index is 12.9. The molecule has 134 valence electrons. The molecule has 0 atom stereocenters. The molecule has 0 saturated heterocycles. The van der Waals surface area contributed by atoms with Crippen molar-refractivity contribution < 1.29 is 14.7 Å². The van der Waals surface area contributed by atoms with Crippen LogP contribution in [0.5, 0.6) is 5.75 Å². The number of fused-ring (bicyclic) bond motifs is 2. The minimum atomic E-state index is -0.354. The van der Waals surface area contributed by atoms with Gasteiger partial charge in [-0.25, -0.2) is 4.98 Å². The van der Waals surface area contributed by atoms with Gasteiger partial charge in [-0.1, -0.05) is 6.07 Å². The van der Waals surface area contributed by atoms with Gasteiger partial charge in [0.05, 0.1) is 17.1 Å². The second-order valence-electron chi connectivity index (χ2n) is 6.21. The van der Waals surface area contributed by atoms with Gasteiger partial charge < -0.3 is 21.1 Å². The molecule has 1 aliphatic heterocycles. The average molecular weight is 360 g/mol. The Morgan fingerprint density at radius 1 is 1.04 bits per heavy atom. The van der Waals surface area contributed by atoms with Gasteiger partial charge in [-0.05, 0) is 42.8 Å². The number of benzene rings is 2. The fraction of sp³-hybridized carbons (Fsp3) is 0.0500. The minimum absolute atomic E-state index is 0.125. The van der Waals surface area contributed by atoms with Crippen molar-refractivity contribution in [2.24, 2.45) is 0 Å². The predicted molar refractivity (Wildman–Crippen MR) is 103 cm³/mol. The molecule has 4 rings (SSSR count). The second-order valence-corrected chi connectivity index (χ2v) is 6.21. The number of carbonyl (C=O) groups is 2. The zero-order valence-electron chi connectivity index (χ0n) is 14.4. The van der Waals surface area contributed by atoms with Gasteiger partial charge >= 0.3 is 0 Å². The van der Waals surface area contributed by atoms with Crippen molar-refractivity contribution in [2.45, 2.75) is 6.92 Å². The summed E-state index contributed by atoms with van der Waals surface area (Å²) in [6.07, 6.45) is 2.31. The third-order valence-corrected chi connectivity index (χ3v) is 4.35. The number of pyridine rings is 1. The Hall–Kier alpha value is -3.87. The fourth-order valence-electron chi connectivity index (χ4n) is 2.94. The molecule has 0 aliphatic carbocycles. The van der Waals surface area contributed by atoms with Crippen molar-refractivity contribution >= 4 is 40.8 Å². The molecule has 1 aromatic heterocycles. The number of amides is 1. The van der Waals surface area contributed by atoms with Gasteiger partial charge in [-0.2, -0.15) is 0 Å². The molecule has 0 fully saturated rings. The Kier molecular flexibility index (Phi) is 3.97. The van der Waals surface area contributed by atoms with Crippen molar-refractivity contribution in [3.05, 3.63) is 65.4 Å². The average Bonchev–Trinajstić information content (AvgIpc) is 2.80. The van der Waals surface area contributed by atoms with E-state index in [1.165, 1.54) is 0 Å². The monoisotopic (exact) mass is 360 g/mol. The van der Waals surface area contributed by atoms with E-state index in [-0.39, 0.29) is 11.7 Å². The summed E-state index contributed by atoms with van der Waals surface area (Å²) in [4.78, 5) is 28.2. The molecular formula is C20H16N4O3. The highest BCUT2D eigenvalue weighted by molar-refractivity contribution is 6.15. The summed E-state index contributed by atoms with van der Waals surface area (Å²) in [5, 5.41) is 18.9. The number of anilines is 5. The summed E-state index contributed by atoms with van der Waals surface area (Å²) in [7, 11) is 0. The SMILES string of the molecule is Cc1ccc(O)cc1Nc1ccnc2c1C(=O)Nc1cc(C=O)ccc1N2. The van der Waals surface area contributed by atoms with Crippen LogP contribution in [0, 0.1) is 6.92 Å². The Morgan fingerprint density at radius 2 is 1.89 bits per heavy atom. The van der Waals surface area contributed by atoms with Crippen molar-refractivity contribution in [2.75, 3.05) is 16.0 Å². The largest absolute Gasteiger partial charge is 0.508 e. The normalized spacial score (nSPS) is 12.1. The number of rotatable bonds is 3. The number of aromatic nitrogens is 1. The van der Waals surface area contributed by atoms with Crippen LogP contribution >= 0.6 is 0 Å². The first-order valence-electron chi connectivity index (χ1n) is 8.28. The topological polar surface area (TPSA) is 103 Å². The highest BCUT2D eigenvalue weighted by atomic mass is 16.3. The zero-order chi connectivity index (χ0) is 19.0. The summed E-state index contributed by atoms with van der Waals surface area (Å²) < 4.78 is 0. The summed E-state index contributed by atoms with van der Waals surface area (Å²) in [6.45, 7) is 1.90. The number of aldehydes is 1. The van der Waals surface area contributed by atoms with E-state index in [0.717, 1.165) is 11.8 Å². The number of phenolic OH excluding ortho intramolecular Hbond substituents is 1. The fourth-order valence-corrected chi connectivity index (χ4v) is 2.94. The number of phenols is 1. The second kappa shape index (κ2) is 6.45. The van der Waals surface area contributed by atoms with Gasteiger partial charge in [0.2, 0.25) is 0 Å². The predicted octanol–water partition coefficient (Wildman–Crippen LogP) is 3.96. The Bertz CT molecular complexity index is 1080. The number of carbonyl (C=O) groups excluding carboxylic acids is 2. The van der Waals surface area contributed by atoms with Crippen molar-refractivity contribution in [1.82, 2.24) is 4.98 Å². The quantitative estimate of drug-likeness (QED) is 0.527. The van der Waals surface area contributed by atoms with Crippen molar-refractivity contribution in [3.63, 3.8) is 0 Å². The highest BCUT2D eigenvalue weighted by Gasteiger charge is 2.24. The molecule has 2 aromatic carbocycles. The maximum Gasteiger partial charge on any atom is 0.261 e. The van der Waals surface area contributed by atoms with Crippen LogP contribution in [-0.2, 0) is 0 Å². The third-order valence-electron chi connectivity index (χ3n) is 4.35. The first-order valence-corrected chi connectivity index (χ1v) is 8.28. The standard InChI is InChI=1S/C20H16N4O3/c1-11-2-4-13(26)9-16(11)22-15-6-7-21-19-18(15)20(27)24-17-8-12(10-25)3-5-14(17)23-19/h2-10,26H,1H3,(H,24,27)(H2,21,22,23). The maximum absolute atomic E-state index is 12.9. The molecule has 4 N–H and O–H groups in total. The van der Waals surface area contributed by atoms with E-state index in [2.05, 4.69) is 20.9 Å². The molecule has 2 heterocycles. The summed E-state index contributed by atoms with van der Waals surface area (Å²) >= 11 is 0. The summed E-state index contributed by atoms with van der Waals surface area (Å²) in [5.41, 5.74) is 4.09. The van der Waals surface area contributed by atoms with Crippen LogP contribution < -0.4 is 16.0 Å². The minimum Gasteiger partial charge on any atom is -0.508 e. The summed E-state index contributed by atoms with van der Waals surface area (Å²) in [5.74, 6) is 0.167. The van der Waals surface area contributed by atoms with Gasteiger partial charge in [0.15, 0.2) is 0 Å². The van der Waals surface area contributed by atoms with Crippen LogP contribution in [-0.4, -0.2) is 22.3 Å². The van der Waals surface area contributed by atoms with Crippen LogP contribution in [0.1, 0.15) is 26.3 Å². The number of nitrogens with zero attached hydrogens (tertiary/aromatic N) is 1. The van der Waals surface area contributed by atoms with E-state index in [1.54, 1.807) is 48.7 Å². The molecule has 0 unspecified atom stereocenters. The molecule has 27 heavy (non-hydrogen) atoms. The van der Waals surface area contributed by atoms with Gasteiger partial charge in [-0.3, -0.25) is 9.59 Å². The van der Waals surface area contributed by atoms with E-state index in [4.69, 9.17) is 0 Å². The molecule has 1 amide bonds. The van der Waals surface area contributed by atoms with E-state index in [0.29, 0.717) is 39.7 Å². The number of aromatic hydroxyl groups is 1. The van der Waals surface area contributed by atoms with E-state index in [9.17, 15) is 14.7 Å². The first-order chi connectivity index (χ1) is 13.0. The number of hydrogen-bond acceptors (Lipinski definition) is 6. The van der Waals surface area contributed by atoms with Gasteiger partial charge in [0.1, 0.15) is 23.4 Å². The molecule has 0 spiro atoms. The third kappa shape index (κ3) is 3.06. The smallest absolute Gasteiger partial charge is 0.261 e. The highest BCUT2D eigenvalue weighted by Crippen LogP contribution is 2.35. The molecule has 7 heteroatoms. The molecule has 0 saturated carbocycles. The Labute approximate surface area is 155 Å². The van der Waals surface area contributed by atoms with E-state index >= 15 is 0 Å². The molecule has 3 aromatic rings. The van der Waals surface area contributed by atoms with Crippen LogP contribution in [0.2, 0.25) is 0 Å². The Balaban J connectivity index is 1.77. The van der Waals surface area contributed by atoms with Crippen molar-refractivity contribution in [1.29, 1.82) is 0 Å². The molecule has 0 bridgehead atoms. The van der Waals surface area contributed by atoms with Gasteiger partial charge in [-0.15, -0.1) is 0 Å². The molecular weight excluding hydrogens is 344 g/mol.